The molecule has 4 rings (SSSR count). The molecule has 6 nitrogen and oxygen atoms in total. The van der Waals surface area contributed by atoms with Crippen molar-refractivity contribution in [2.45, 2.75) is 0 Å². The lowest BCUT2D eigenvalue weighted by Gasteiger charge is -2.14. The summed E-state index contributed by atoms with van der Waals surface area (Å²) in [5.41, 5.74) is 0.415. The number of para-hydroxylation sites is 2. The molecule has 0 saturated heterocycles. The molecule has 2 N–H and O–H groups in total. The number of aromatic carboxylic acids is 1. The van der Waals surface area contributed by atoms with Gasteiger partial charge in [0.2, 0.25) is 5.88 Å². The number of halogens is 1. The van der Waals surface area contributed by atoms with Crippen molar-refractivity contribution in [2.75, 3.05) is 0 Å². The molecule has 0 aliphatic carbocycles. The number of aromatic nitrogens is 1. The fourth-order valence-electron chi connectivity index (χ4n) is 3.25. The van der Waals surface area contributed by atoms with Gasteiger partial charge in [-0.15, -0.1) is 0 Å². The first-order valence-electron chi connectivity index (χ1n) is 8.97. The molecule has 0 aliphatic rings. The standard InChI is InChI=1S/C23H15ClN2O4/c24-18-10-4-6-12-20(18)26-21(27)15-8-2-1-7-14(15)17(22(26)28)13-25-19-11-5-3-9-16(19)23(29)30/h1-13,28H,(H,29,30). The van der Waals surface area contributed by atoms with Gasteiger partial charge in [-0.1, -0.05) is 54.1 Å². The molecule has 0 fully saturated rings. The second kappa shape index (κ2) is 7.85. The van der Waals surface area contributed by atoms with Gasteiger partial charge in [0.05, 0.1) is 27.5 Å². The molecular formula is C23H15ClN2O4. The average molecular weight is 419 g/mol. The van der Waals surface area contributed by atoms with Crippen molar-refractivity contribution in [3.63, 3.8) is 0 Å². The number of carbonyl (C=O) groups is 1. The van der Waals surface area contributed by atoms with E-state index >= 15 is 0 Å². The molecule has 7 heteroatoms. The molecule has 0 atom stereocenters. The minimum Gasteiger partial charge on any atom is -0.494 e. The number of benzene rings is 3. The lowest BCUT2D eigenvalue weighted by atomic mass is 10.1. The van der Waals surface area contributed by atoms with Gasteiger partial charge in [0.15, 0.2) is 0 Å². The maximum absolute atomic E-state index is 13.1. The second-order valence-corrected chi connectivity index (χ2v) is 6.86. The molecule has 148 valence electrons. The number of fused-ring (bicyclic) bond motifs is 1. The van der Waals surface area contributed by atoms with Crippen LogP contribution in [0.2, 0.25) is 5.02 Å². The molecule has 1 heterocycles. The highest BCUT2D eigenvalue weighted by Gasteiger charge is 2.18. The normalized spacial score (nSPS) is 11.2. The van der Waals surface area contributed by atoms with E-state index in [9.17, 15) is 19.8 Å². The Balaban J connectivity index is 2.00. The monoisotopic (exact) mass is 418 g/mol. The van der Waals surface area contributed by atoms with E-state index in [-0.39, 0.29) is 22.7 Å². The highest BCUT2D eigenvalue weighted by Crippen LogP contribution is 2.29. The third-order valence-electron chi connectivity index (χ3n) is 4.66. The van der Waals surface area contributed by atoms with E-state index in [1.54, 1.807) is 66.7 Å². The van der Waals surface area contributed by atoms with Crippen molar-refractivity contribution in [2.24, 2.45) is 4.99 Å². The number of aromatic hydroxyl groups is 1. The lowest BCUT2D eigenvalue weighted by Crippen LogP contribution is -2.20. The van der Waals surface area contributed by atoms with Crippen LogP contribution >= 0.6 is 11.6 Å². The van der Waals surface area contributed by atoms with Gasteiger partial charge in [0.1, 0.15) is 0 Å². The summed E-state index contributed by atoms with van der Waals surface area (Å²) in [5, 5.41) is 21.5. The first-order chi connectivity index (χ1) is 14.5. The van der Waals surface area contributed by atoms with Crippen molar-refractivity contribution in [1.29, 1.82) is 0 Å². The van der Waals surface area contributed by atoms with E-state index in [0.29, 0.717) is 21.5 Å². The third-order valence-corrected chi connectivity index (χ3v) is 4.98. The summed E-state index contributed by atoms with van der Waals surface area (Å²) in [4.78, 5) is 28.8. The van der Waals surface area contributed by atoms with Crippen LogP contribution in [0, 0.1) is 0 Å². The molecule has 30 heavy (non-hydrogen) atoms. The van der Waals surface area contributed by atoms with Crippen molar-refractivity contribution in [3.8, 4) is 11.6 Å². The average Bonchev–Trinajstić information content (AvgIpc) is 2.75. The van der Waals surface area contributed by atoms with E-state index < -0.39 is 11.5 Å². The van der Waals surface area contributed by atoms with Crippen LogP contribution in [0.25, 0.3) is 16.5 Å². The van der Waals surface area contributed by atoms with Gasteiger partial charge in [-0.25, -0.2) is 9.36 Å². The van der Waals surface area contributed by atoms with Gasteiger partial charge >= 0.3 is 5.97 Å². The van der Waals surface area contributed by atoms with Gasteiger partial charge in [-0.3, -0.25) is 9.79 Å². The summed E-state index contributed by atoms with van der Waals surface area (Å²) in [7, 11) is 0. The number of pyridine rings is 1. The number of carboxylic acids is 1. The highest BCUT2D eigenvalue weighted by atomic mass is 35.5. The van der Waals surface area contributed by atoms with Crippen molar-refractivity contribution >= 4 is 40.2 Å². The first-order valence-corrected chi connectivity index (χ1v) is 9.35. The van der Waals surface area contributed by atoms with Crippen LogP contribution in [-0.2, 0) is 0 Å². The predicted octanol–water partition coefficient (Wildman–Crippen LogP) is 4.80. The number of hydrogen-bond donors (Lipinski definition) is 2. The minimum atomic E-state index is -1.11. The Bertz CT molecular complexity index is 1380. The summed E-state index contributed by atoms with van der Waals surface area (Å²) in [6.45, 7) is 0. The summed E-state index contributed by atoms with van der Waals surface area (Å²) < 4.78 is 1.12. The summed E-state index contributed by atoms with van der Waals surface area (Å²) >= 11 is 6.27. The number of hydrogen-bond acceptors (Lipinski definition) is 4. The molecule has 0 bridgehead atoms. The van der Waals surface area contributed by atoms with E-state index in [4.69, 9.17) is 11.6 Å². The zero-order valence-electron chi connectivity index (χ0n) is 15.5. The van der Waals surface area contributed by atoms with Crippen molar-refractivity contribution < 1.29 is 15.0 Å². The molecule has 0 amide bonds. The molecule has 0 saturated carbocycles. The number of nitrogens with zero attached hydrogens (tertiary/aromatic N) is 2. The topological polar surface area (TPSA) is 91.9 Å². The van der Waals surface area contributed by atoms with Crippen LogP contribution in [-0.4, -0.2) is 27.0 Å². The Morgan fingerprint density at radius 3 is 2.30 bits per heavy atom. The van der Waals surface area contributed by atoms with Gasteiger partial charge in [-0.2, -0.15) is 0 Å². The molecule has 0 aliphatic heterocycles. The number of aliphatic imine (C=N–C) groups is 1. The lowest BCUT2D eigenvalue weighted by molar-refractivity contribution is 0.0698. The molecular weight excluding hydrogens is 404 g/mol. The smallest absolute Gasteiger partial charge is 0.337 e. The van der Waals surface area contributed by atoms with Crippen LogP contribution in [0.1, 0.15) is 15.9 Å². The highest BCUT2D eigenvalue weighted by molar-refractivity contribution is 6.32. The van der Waals surface area contributed by atoms with Gasteiger partial charge in [-0.05, 0) is 30.3 Å². The summed E-state index contributed by atoms with van der Waals surface area (Å²) in [6.07, 6.45) is 1.35. The summed E-state index contributed by atoms with van der Waals surface area (Å²) in [5.74, 6) is -1.46. The number of rotatable bonds is 4. The molecule has 1 aromatic heterocycles. The Morgan fingerprint density at radius 2 is 1.57 bits per heavy atom. The quantitative estimate of drug-likeness (QED) is 0.466. The molecule has 4 aromatic rings. The molecule has 0 radical (unpaired) electrons. The zero-order valence-corrected chi connectivity index (χ0v) is 16.2. The van der Waals surface area contributed by atoms with Crippen LogP contribution in [0.4, 0.5) is 5.69 Å². The zero-order chi connectivity index (χ0) is 21.3. The largest absolute Gasteiger partial charge is 0.494 e. The fraction of sp³-hybridized carbons (Fsp3) is 0. The van der Waals surface area contributed by atoms with Crippen LogP contribution in [0.5, 0.6) is 5.88 Å². The fourth-order valence-corrected chi connectivity index (χ4v) is 3.47. The predicted molar refractivity (Wildman–Crippen MR) is 117 cm³/mol. The van der Waals surface area contributed by atoms with E-state index in [0.717, 1.165) is 4.57 Å². The van der Waals surface area contributed by atoms with E-state index in [1.807, 2.05) is 0 Å². The van der Waals surface area contributed by atoms with Gasteiger partial charge < -0.3 is 10.2 Å². The Hall–Kier alpha value is -3.90. The number of carboxylic acid groups (broad SMARTS) is 1. The summed E-state index contributed by atoms with van der Waals surface area (Å²) in [6, 6.07) is 19.7. The van der Waals surface area contributed by atoms with Crippen molar-refractivity contribution in [3.05, 3.63) is 99.3 Å². The SMILES string of the molecule is O=C(O)c1ccccc1N=Cc1c(O)n(-c2ccccc2Cl)c(=O)c2ccccc12. The van der Waals surface area contributed by atoms with Crippen molar-refractivity contribution in [1.82, 2.24) is 4.57 Å². The second-order valence-electron chi connectivity index (χ2n) is 6.46. The van der Waals surface area contributed by atoms with Crippen LogP contribution < -0.4 is 5.56 Å². The van der Waals surface area contributed by atoms with Crippen LogP contribution in [0.15, 0.2) is 82.6 Å². The molecule has 0 spiro atoms. The first kappa shape index (κ1) is 19.4. The maximum atomic E-state index is 13.1. The Morgan fingerprint density at radius 1 is 0.933 bits per heavy atom. The maximum Gasteiger partial charge on any atom is 0.337 e. The van der Waals surface area contributed by atoms with Gasteiger partial charge in [0.25, 0.3) is 5.56 Å². The minimum absolute atomic E-state index is 0.0250. The van der Waals surface area contributed by atoms with E-state index in [2.05, 4.69) is 4.99 Å². The molecule has 0 unspecified atom stereocenters. The van der Waals surface area contributed by atoms with Gasteiger partial charge in [0, 0.05) is 17.0 Å². The van der Waals surface area contributed by atoms with E-state index in [1.165, 1.54) is 12.3 Å². The van der Waals surface area contributed by atoms with Crippen LogP contribution in [0.3, 0.4) is 0 Å². The Kier molecular flexibility index (Phi) is 5.08. The Labute approximate surface area is 175 Å². The third kappa shape index (κ3) is 3.33. The molecule has 3 aromatic carbocycles.